The molecule has 0 aliphatic carbocycles. The van der Waals surface area contributed by atoms with Crippen molar-refractivity contribution in [1.82, 2.24) is 14.7 Å². The van der Waals surface area contributed by atoms with Crippen molar-refractivity contribution in [2.24, 2.45) is 0 Å². The van der Waals surface area contributed by atoms with Crippen molar-refractivity contribution in [1.29, 1.82) is 0 Å². The van der Waals surface area contributed by atoms with Crippen LogP contribution in [-0.4, -0.2) is 37.8 Å². The Labute approximate surface area is 134 Å². The van der Waals surface area contributed by atoms with Crippen molar-refractivity contribution in [2.45, 2.75) is 38.8 Å². The summed E-state index contributed by atoms with van der Waals surface area (Å²) < 4.78 is 14.9. The van der Waals surface area contributed by atoms with Gasteiger partial charge in [0.1, 0.15) is 11.4 Å². The van der Waals surface area contributed by atoms with E-state index in [1.807, 2.05) is 6.92 Å². The number of nitrogens with zero attached hydrogens (tertiary/aromatic N) is 3. The molecule has 1 aliphatic rings. The normalized spacial score (nSPS) is 18.0. The fraction of sp³-hybridized carbons (Fsp3) is 0.412. The largest absolute Gasteiger partial charge is 0.381 e. The zero-order chi connectivity index (χ0) is 16.8. The third kappa shape index (κ3) is 2.86. The quantitative estimate of drug-likeness (QED) is 0.924. The highest BCUT2D eigenvalue weighted by molar-refractivity contribution is 5.84. The van der Waals surface area contributed by atoms with Crippen LogP contribution in [0.25, 0.3) is 5.69 Å². The van der Waals surface area contributed by atoms with E-state index in [9.17, 15) is 14.3 Å². The first-order valence-corrected chi connectivity index (χ1v) is 7.62. The molecule has 1 aromatic heterocycles. The van der Waals surface area contributed by atoms with Gasteiger partial charge < -0.3 is 10.0 Å². The maximum atomic E-state index is 13.1. The average molecular weight is 317 g/mol. The molecule has 1 atom stereocenters. The number of benzene rings is 1. The Kier molecular flexibility index (Phi) is 3.72. The van der Waals surface area contributed by atoms with Crippen LogP contribution in [0.1, 0.15) is 37.9 Å². The van der Waals surface area contributed by atoms with Crippen LogP contribution in [0.5, 0.6) is 0 Å². The number of halogens is 1. The fourth-order valence-corrected chi connectivity index (χ4v) is 3.06. The van der Waals surface area contributed by atoms with Gasteiger partial charge in [-0.15, -0.1) is 0 Å². The molecule has 122 valence electrons. The molecule has 23 heavy (non-hydrogen) atoms. The van der Waals surface area contributed by atoms with E-state index in [1.165, 1.54) is 26.0 Å². The van der Waals surface area contributed by atoms with E-state index in [2.05, 4.69) is 5.10 Å². The van der Waals surface area contributed by atoms with Gasteiger partial charge >= 0.3 is 0 Å². The van der Waals surface area contributed by atoms with Crippen molar-refractivity contribution in [3.63, 3.8) is 0 Å². The Morgan fingerprint density at radius 3 is 2.61 bits per heavy atom. The van der Waals surface area contributed by atoms with E-state index in [0.717, 1.165) is 16.9 Å². The summed E-state index contributed by atoms with van der Waals surface area (Å²) in [5.74, 6) is -0.507. The van der Waals surface area contributed by atoms with Gasteiger partial charge in [-0.05, 0) is 38.1 Å². The first-order valence-electron chi connectivity index (χ1n) is 7.62. The molecule has 1 unspecified atom stereocenters. The molecule has 2 aromatic rings. The highest BCUT2D eigenvalue weighted by Gasteiger charge is 2.35. The highest BCUT2D eigenvalue weighted by Crippen LogP contribution is 2.31. The zero-order valence-corrected chi connectivity index (χ0v) is 13.5. The molecule has 0 fully saturated rings. The average Bonchev–Trinajstić information content (AvgIpc) is 2.90. The first-order chi connectivity index (χ1) is 10.8. The smallest absolute Gasteiger partial charge is 0.254 e. The molecule has 3 rings (SSSR count). The number of amides is 1. The van der Waals surface area contributed by atoms with Gasteiger partial charge in [0.15, 0.2) is 0 Å². The predicted molar refractivity (Wildman–Crippen MR) is 83.7 cm³/mol. The summed E-state index contributed by atoms with van der Waals surface area (Å²) in [5.41, 5.74) is 1.38. The zero-order valence-electron chi connectivity index (χ0n) is 13.5. The Morgan fingerprint density at radius 2 is 2.00 bits per heavy atom. The minimum atomic E-state index is -1.38. The number of carbonyl (C=O) groups excluding carboxylic acids is 1. The number of rotatable bonds is 2. The highest BCUT2D eigenvalue weighted by atomic mass is 19.1. The van der Waals surface area contributed by atoms with Crippen LogP contribution in [0.4, 0.5) is 4.39 Å². The second-order valence-corrected chi connectivity index (χ2v) is 6.59. The SMILES string of the molecule is CC1CN(C(=O)C(C)(C)O)Cc2cnn(-c3ccc(F)cc3)c21. The van der Waals surface area contributed by atoms with Crippen LogP contribution < -0.4 is 0 Å². The van der Waals surface area contributed by atoms with Crippen molar-refractivity contribution in [3.8, 4) is 5.69 Å². The monoisotopic (exact) mass is 317 g/mol. The van der Waals surface area contributed by atoms with Gasteiger partial charge in [-0.25, -0.2) is 9.07 Å². The van der Waals surface area contributed by atoms with Crippen LogP contribution >= 0.6 is 0 Å². The van der Waals surface area contributed by atoms with Crippen LogP contribution in [0.15, 0.2) is 30.5 Å². The summed E-state index contributed by atoms with van der Waals surface area (Å²) in [6, 6.07) is 6.18. The van der Waals surface area contributed by atoms with E-state index in [-0.39, 0.29) is 17.6 Å². The maximum Gasteiger partial charge on any atom is 0.254 e. The van der Waals surface area contributed by atoms with E-state index >= 15 is 0 Å². The third-order valence-electron chi connectivity index (χ3n) is 4.09. The lowest BCUT2D eigenvalue weighted by Gasteiger charge is -2.35. The summed E-state index contributed by atoms with van der Waals surface area (Å²) in [7, 11) is 0. The predicted octanol–water partition coefficient (Wildman–Crippen LogP) is 2.23. The molecule has 0 radical (unpaired) electrons. The molecule has 1 amide bonds. The summed E-state index contributed by atoms with van der Waals surface area (Å²) in [5, 5.41) is 14.3. The molecule has 0 saturated heterocycles. The van der Waals surface area contributed by atoms with Crippen molar-refractivity contribution in [3.05, 3.63) is 47.5 Å². The molecule has 0 saturated carbocycles. The molecular formula is C17H20FN3O2. The van der Waals surface area contributed by atoms with Gasteiger partial charge in [-0.1, -0.05) is 6.92 Å². The van der Waals surface area contributed by atoms with Gasteiger partial charge in [0, 0.05) is 24.6 Å². The molecular weight excluding hydrogens is 297 g/mol. The second-order valence-electron chi connectivity index (χ2n) is 6.59. The topological polar surface area (TPSA) is 58.4 Å². The van der Waals surface area contributed by atoms with E-state index in [1.54, 1.807) is 27.9 Å². The number of carbonyl (C=O) groups is 1. The number of aromatic nitrogens is 2. The number of hydrogen-bond acceptors (Lipinski definition) is 3. The second kappa shape index (κ2) is 5.45. The lowest BCUT2D eigenvalue weighted by molar-refractivity contribution is -0.149. The summed E-state index contributed by atoms with van der Waals surface area (Å²) >= 11 is 0. The van der Waals surface area contributed by atoms with Gasteiger partial charge in [-0.3, -0.25) is 4.79 Å². The number of hydrogen-bond donors (Lipinski definition) is 1. The van der Waals surface area contributed by atoms with Crippen molar-refractivity contribution < 1.29 is 14.3 Å². The molecule has 0 bridgehead atoms. The maximum absolute atomic E-state index is 13.1. The Balaban J connectivity index is 1.94. The van der Waals surface area contributed by atoms with Crippen molar-refractivity contribution in [2.75, 3.05) is 6.54 Å². The van der Waals surface area contributed by atoms with Gasteiger partial charge in [0.25, 0.3) is 5.91 Å². The minimum absolute atomic E-state index is 0.0672. The first kappa shape index (κ1) is 15.7. The third-order valence-corrected chi connectivity index (χ3v) is 4.09. The van der Waals surface area contributed by atoms with Crippen LogP contribution in [0.3, 0.4) is 0 Å². The van der Waals surface area contributed by atoms with Crippen LogP contribution in [0, 0.1) is 5.82 Å². The molecule has 1 aliphatic heterocycles. The fourth-order valence-electron chi connectivity index (χ4n) is 3.06. The summed E-state index contributed by atoms with van der Waals surface area (Å²) in [6.07, 6.45) is 1.74. The Morgan fingerprint density at radius 1 is 1.35 bits per heavy atom. The summed E-state index contributed by atoms with van der Waals surface area (Å²) in [4.78, 5) is 14.0. The van der Waals surface area contributed by atoms with Gasteiger partial charge in [-0.2, -0.15) is 5.10 Å². The number of aliphatic hydroxyl groups is 1. The van der Waals surface area contributed by atoms with E-state index < -0.39 is 5.60 Å². The molecule has 6 heteroatoms. The van der Waals surface area contributed by atoms with E-state index in [4.69, 9.17) is 0 Å². The Hall–Kier alpha value is -2.21. The molecule has 0 spiro atoms. The number of fused-ring (bicyclic) bond motifs is 1. The molecule has 5 nitrogen and oxygen atoms in total. The minimum Gasteiger partial charge on any atom is -0.381 e. The standard InChI is InChI=1S/C17H20FN3O2/c1-11-9-20(16(22)17(2,3)23)10-12-8-19-21(15(11)12)14-6-4-13(18)5-7-14/h4-8,11,23H,9-10H2,1-3H3. The molecule has 1 N–H and O–H groups in total. The lowest BCUT2D eigenvalue weighted by atomic mass is 9.96. The van der Waals surface area contributed by atoms with Gasteiger partial charge in [0.2, 0.25) is 0 Å². The summed E-state index contributed by atoms with van der Waals surface area (Å²) in [6.45, 7) is 5.95. The van der Waals surface area contributed by atoms with E-state index in [0.29, 0.717) is 13.1 Å². The van der Waals surface area contributed by atoms with Crippen LogP contribution in [0.2, 0.25) is 0 Å². The molecule has 1 aromatic carbocycles. The Bertz CT molecular complexity index is 731. The molecule has 2 heterocycles. The van der Waals surface area contributed by atoms with Gasteiger partial charge in [0.05, 0.1) is 17.6 Å². The lowest BCUT2D eigenvalue weighted by Crippen LogP contribution is -2.47. The van der Waals surface area contributed by atoms with Crippen molar-refractivity contribution >= 4 is 5.91 Å². The van der Waals surface area contributed by atoms with Crippen LogP contribution in [-0.2, 0) is 11.3 Å².